The number of nitrogens with zero attached hydrogens (tertiary/aromatic N) is 2. The highest BCUT2D eigenvalue weighted by Crippen LogP contribution is 2.24. The first-order chi connectivity index (χ1) is 9.49. The van der Waals surface area contributed by atoms with Crippen molar-refractivity contribution in [3.8, 4) is 0 Å². The van der Waals surface area contributed by atoms with Crippen LogP contribution in [-0.2, 0) is 0 Å². The lowest BCUT2D eigenvalue weighted by molar-refractivity contribution is -0.385. The van der Waals surface area contributed by atoms with Gasteiger partial charge in [-0.15, -0.1) is 0 Å². The summed E-state index contributed by atoms with van der Waals surface area (Å²) in [6.45, 7) is 0. The summed E-state index contributed by atoms with van der Waals surface area (Å²) in [7, 11) is 0. The topological polar surface area (TPSA) is 111 Å². The van der Waals surface area contributed by atoms with Crippen molar-refractivity contribution in [3.63, 3.8) is 0 Å². The number of halogens is 1. The summed E-state index contributed by atoms with van der Waals surface area (Å²) >= 11 is 5.90. The summed E-state index contributed by atoms with van der Waals surface area (Å²) in [4.78, 5) is 25.9. The van der Waals surface area contributed by atoms with Crippen LogP contribution in [-0.4, -0.2) is 15.8 Å². The highest BCUT2D eigenvalue weighted by Gasteiger charge is 2.21. The molecule has 0 aliphatic rings. The molecule has 0 bridgehead atoms. The molecule has 1 aromatic heterocycles. The van der Waals surface area contributed by atoms with Gasteiger partial charge in [0.05, 0.1) is 15.6 Å². The molecule has 2 rings (SSSR count). The number of hydrogen-bond acceptors (Lipinski definition) is 5. The monoisotopic (exact) mass is 292 g/mol. The molecule has 0 unspecified atom stereocenters. The Bertz CT molecular complexity index is 690. The zero-order valence-electron chi connectivity index (χ0n) is 10.0. The van der Waals surface area contributed by atoms with Gasteiger partial charge in [-0.05, 0) is 18.2 Å². The first kappa shape index (κ1) is 13.8. The average Bonchev–Trinajstić information content (AvgIpc) is 2.40. The van der Waals surface area contributed by atoms with Crippen molar-refractivity contribution in [2.24, 2.45) is 0 Å². The van der Waals surface area contributed by atoms with Gasteiger partial charge in [0, 0.05) is 0 Å². The van der Waals surface area contributed by atoms with Crippen molar-refractivity contribution < 1.29 is 9.72 Å². The number of carbonyl (C=O) groups excluding carboxylic acids is 1. The fourth-order valence-electron chi connectivity index (χ4n) is 1.54. The van der Waals surface area contributed by atoms with Crippen LogP contribution in [0.4, 0.5) is 17.2 Å². The van der Waals surface area contributed by atoms with Gasteiger partial charge in [0.15, 0.2) is 0 Å². The fourth-order valence-corrected chi connectivity index (χ4v) is 1.73. The van der Waals surface area contributed by atoms with E-state index in [1.165, 1.54) is 0 Å². The lowest BCUT2D eigenvalue weighted by atomic mass is 10.2. The molecule has 0 saturated carbocycles. The molecule has 1 aromatic carbocycles. The van der Waals surface area contributed by atoms with Gasteiger partial charge in [-0.25, -0.2) is 4.98 Å². The number of carbonyl (C=O) groups is 1. The molecule has 102 valence electrons. The number of nitrogens with two attached hydrogens (primary N) is 1. The number of nitro groups is 1. The number of anilines is 2. The van der Waals surface area contributed by atoms with Crippen LogP contribution in [0.15, 0.2) is 36.5 Å². The number of hydrogen-bond donors (Lipinski definition) is 2. The molecule has 0 aliphatic carbocycles. The van der Waals surface area contributed by atoms with Gasteiger partial charge in [0.2, 0.25) is 0 Å². The SMILES string of the molecule is Nc1cc(C(=O)Nc2ccccc2Cl)c([N+](=O)[O-])cn1. The van der Waals surface area contributed by atoms with Gasteiger partial charge in [0.25, 0.3) is 11.6 Å². The molecule has 0 radical (unpaired) electrons. The smallest absolute Gasteiger partial charge is 0.300 e. The van der Waals surface area contributed by atoms with E-state index in [-0.39, 0.29) is 11.4 Å². The molecule has 8 heteroatoms. The molecule has 7 nitrogen and oxygen atoms in total. The highest BCUT2D eigenvalue weighted by atomic mass is 35.5. The van der Waals surface area contributed by atoms with E-state index in [2.05, 4.69) is 10.3 Å². The van der Waals surface area contributed by atoms with Crippen LogP contribution in [0, 0.1) is 10.1 Å². The second-order valence-electron chi connectivity index (χ2n) is 3.82. The normalized spacial score (nSPS) is 10.1. The number of pyridine rings is 1. The number of amides is 1. The van der Waals surface area contributed by atoms with Gasteiger partial charge in [-0.1, -0.05) is 23.7 Å². The molecule has 3 N–H and O–H groups in total. The molecule has 0 spiro atoms. The lowest BCUT2D eigenvalue weighted by Gasteiger charge is -2.07. The molecule has 0 aliphatic heterocycles. The van der Waals surface area contributed by atoms with Crippen molar-refractivity contribution in [2.45, 2.75) is 0 Å². The van der Waals surface area contributed by atoms with E-state index in [0.717, 1.165) is 12.3 Å². The first-order valence-corrected chi connectivity index (χ1v) is 5.82. The van der Waals surface area contributed by atoms with Crippen LogP contribution >= 0.6 is 11.6 Å². The van der Waals surface area contributed by atoms with Crippen molar-refractivity contribution in [1.29, 1.82) is 0 Å². The minimum absolute atomic E-state index is 0.0138. The Morgan fingerprint density at radius 1 is 1.40 bits per heavy atom. The summed E-state index contributed by atoms with van der Waals surface area (Å²) in [5.41, 5.74) is 5.19. The van der Waals surface area contributed by atoms with Crippen LogP contribution in [0.3, 0.4) is 0 Å². The molecular weight excluding hydrogens is 284 g/mol. The van der Waals surface area contributed by atoms with E-state index in [1.54, 1.807) is 24.3 Å². The molecular formula is C12H9ClN4O3. The molecule has 20 heavy (non-hydrogen) atoms. The summed E-state index contributed by atoms with van der Waals surface area (Å²) < 4.78 is 0. The van der Waals surface area contributed by atoms with Gasteiger partial charge in [0.1, 0.15) is 17.6 Å². The standard InChI is InChI=1S/C12H9ClN4O3/c13-8-3-1-2-4-9(8)16-12(18)7-5-11(14)15-6-10(7)17(19)20/h1-6H,(H2,14,15)(H,16,18). The maximum Gasteiger partial charge on any atom is 0.300 e. The maximum absolute atomic E-state index is 12.1. The zero-order chi connectivity index (χ0) is 14.7. The van der Waals surface area contributed by atoms with Gasteiger partial charge in [-0.3, -0.25) is 14.9 Å². The Hall–Kier alpha value is -2.67. The third kappa shape index (κ3) is 2.83. The van der Waals surface area contributed by atoms with Gasteiger partial charge < -0.3 is 11.1 Å². The van der Waals surface area contributed by atoms with E-state index < -0.39 is 16.5 Å². The number of nitrogen functional groups attached to an aromatic ring is 1. The zero-order valence-corrected chi connectivity index (χ0v) is 10.8. The van der Waals surface area contributed by atoms with E-state index in [0.29, 0.717) is 10.7 Å². The quantitative estimate of drug-likeness (QED) is 0.667. The van der Waals surface area contributed by atoms with Crippen molar-refractivity contribution in [3.05, 3.63) is 57.2 Å². The first-order valence-electron chi connectivity index (χ1n) is 5.45. The van der Waals surface area contributed by atoms with E-state index in [1.807, 2.05) is 0 Å². The Labute approximate surface area is 118 Å². The van der Waals surface area contributed by atoms with Crippen LogP contribution in [0.1, 0.15) is 10.4 Å². The molecule has 0 atom stereocenters. The Morgan fingerprint density at radius 2 is 2.10 bits per heavy atom. The van der Waals surface area contributed by atoms with Crippen LogP contribution < -0.4 is 11.1 Å². The molecule has 1 amide bonds. The number of benzene rings is 1. The molecule has 0 saturated heterocycles. The van der Waals surface area contributed by atoms with E-state index in [4.69, 9.17) is 17.3 Å². The Kier molecular flexibility index (Phi) is 3.81. The third-order valence-corrected chi connectivity index (χ3v) is 2.80. The Balaban J connectivity index is 2.37. The average molecular weight is 293 g/mol. The van der Waals surface area contributed by atoms with Crippen molar-refractivity contribution in [2.75, 3.05) is 11.1 Å². The number of para-hydroxylation sites is 1. The maximum atomic E-state index is 12.1. The minimum atomic E-state index is -0.700. The van der Waals surface area contributed by atoms with Crippen molar-refractivity contribution in [1.82, 2.24) is 4.98 Å². The summed E-state index contributed by atoms with van der Waals surface area (Å²) in [5, 5.41) is 13.7. The molecule has 1 heterocycles. The van der Waals surface area contributed by atoms with Gasteiger partial charge in [-0.2, -0.15) is 0 Å². The second-order valence-corrected chi connectivity index (χ2v) is 4.22. The minimum Gasteiger partial charge on any atom is -0.384 e. The van der Waals surface area contributed by atoms with E-state index >= 15 is 0 Å². The number of nitrogens with one attached hydrogen (secondary N) is 1. The second kappa shape index (κ2) is 5.54. The largest absolute Gasteiger partial charge is 0.384 e. The molecule has 0 fully saturated rings. The molecule has 2 aromatic rings. The van der Waals surface area contributed by atoms with Crippen molar-refractivity contribution >= 4 is 34.7 Å². The highest BCUT2D eigenvalue weighted by molar-refractivity contribution is 6.34. The van der Waals surface area contributed by atoms with Crippen LogP contribution in [0.2, 0.25) is 5.02 Å². The summed E-state index contributed by atoms with van der Waals surface area (Å²) in [6.07, 6.45) is 0.941. The summed E-state index contributed by atoms with van der Waals surface area (Å²) in [5.74, 6) is -0.668. The number of aromatic nitrogens is 1. The van der Waals surface area contributed by atoms with Crippen LogP contribution in [0.25, 0.3) is 0 Å². The summed E-state index contributed by atoms with van der Waals surface area (Å²) in [6, 6.07) is 7.69. The number of rotatable bonds is 3. The third-order valence-electron chi connectivity index (χ3n) is 2.47. The predicted octanol–water partition coefficient (Wildman–Crippen LogP) is 2.48. The van der Waals surface area contributed by atoms with Crippen LogP contribution in [0.5, 0.6) is 0 Å². The Morgan fingerprint density at radius 3 is 2.75 bits per heavy atom. The lowest BCUT2D eigenvalue weighted by Crippen LogP contribution is -2.15. The predicted molar refractivity (Wildman–Crippen MR) is 74.7 cm³/mol. The van der Waals surface area contributed by atoms with E-state index in [9.17, 15) is 14.9 Å². The van der Waals surface area contributed by atoms with Gasteiger partial charge >= 0.3 is 0 Å². The fraction of sp³-hybridized carbons (Fsp3) is 0.